The van der Waals surface area contributed by atoms with Crippen LogP contribution >= 0.6 is 0 Å². The van der Waals surface area contributed by atoms with Gasteiger partial charge < -0.3 is 10.1 Å². The average molecular weight is 363 g/mol. The van der Waals surface area contributed by atoms with E-state index in [-0.39, 0.29) is 10.8 Å². The Hall–Kier alpha value is -2.03. The summed E-state index contributed by atoms with van der Waals surface area (Å²) in [5.41, 5.74) is 0.426. The number of aromatic nitrogens is 1. The molecule has 1 aromatic heterocycles. The van der Waals surface area contributed by atoms with Gasteiger partial charge in [0.1, 0.15) is 10.9 Å². The molecular weight excluding hydrogens is 342 g/mol. The second-order valence-corrected chi connectivity index (χ2v) is 7.75. The van der Waals surface area contributed by atoms with Crippen LogP contribution in [0.2, 0.25) is 0 Å². The number of pyridine rings is 1. The highest BCUT2D eigenvalue weighted by Gasteiger charge is 2.40. The summed E-state index contributed by atoms with van der Waals surface area (Å²) in [5, 5.41) is 3.48. The fourth-order valence-corrected chi connectivity index (χ4v) is 4.92. The molecule has 7 nitrogen and oxygen atoms in total. The van der Waals surface area contributed by atoms with Gasteiger partial charge in [-0.05, 0) is 25.0 Å². The highest BCUT2D eigenvalue weighted by molar-refractivity contribution is 7.89. The number of para-hydroxylation sites is 1. The van der Waals surface area contributed by atoms with Gasteiger partial charge in [-0.2, -0.15) is 4.31 Å². The quantitative estimate of drug-likeness (QED) is 0.778. The van der Waals surface area contributed by atoms with Crippen LogP contribution in [0.3, 0.4) is 0 Å². The Morgan fingerprint density at radius 1 is 1.36 bits per heavy atom. The predicted molar refractivity (Wildman–Crippen MR) is 93.5 cm³/mol. The van der Waals surface area contributed by atoms with Crippen molar-refractivity contribution in [3.63, 3.8) is 0 Å². The molecule has 0 bridgehead atoms. The van der Waals surface area contributed by atoms with E-state index in [2.05, 4.69) is 10.3 Å². The monoisotopic (exact) mass is 363 g/mol. The average Bonchev–Trinajstić information content (AvgIpc) is 3.12. The van der Waals surface area contributed by atoms with Crippen LogP contribution in [-0.4, -0.2) is 56.5 Å². The standard InChI is InChI=1S/C17H21N3O4S/c1-24-12-10-19-17(21)14-7-4-11-20(14)25(22,23)15-8-2-5-13-6-3-9-18-16(13)15/h2-3,5-6,8-9,14H,4,7,10-12H2,1H3,(H,19,21)/t14-/m0/s1. The summed E-state index contributed by atoms with van der Waals surface area (Å²) in [6.45, 7) is 1.07. The number of fused-ring (bicyclic) bond motifs is 1. The number of methoxy groups -OCH3 is 1. The lowest BCUT2D eigenvalue weighted by Gasteiger charge is -2.23. The Balaban J connectivity index is 1.91. The number of ether oxygens (including phenoxy) is 1. The molecule has 0 aliphatic carbocycles. The van der Waals surface area contributed by atoms with Crippen LogP contribution in [0.15, 0.2) is 41.4 Å². The van der Waals surface area contributed by atoms with Crippen molar-refractivity contribution < 1.29 is 17.9 Å². The number of rotatable bonds is 6. The Morgan fingerprint density at radius 2 is 2.16 bits per heavy atom. The largest absolute Gasteiger partial charge is 0.383 e. The number of amides is 1. The first-order valence-electron chi connectivity index (χ1n) is 8.18. The smallest absolute Gasteiger partial charge is 0.245 e. The van der Waals surface area contributed by atoms with E-state index >= 15 is 0 Å². The van der Waals surface area contributed by atoms with Crippen molar-refractivity contribution >= 4 is 26.8 Å². The number of sulfonamides is 1. The van der Waals surface area contributed by atoms with Gasteiger partial charge in [0, 0.05) is 31.8 Å². The summed E-state index contributed by atoms with van der Waals surface area (Å²) in [4.78, 5) is 16.8. The molecule has 1 amide bonds. The fraction of sp³-hybridized carbons (Fsp3) is 0.412. The first-order valence-corrected chi connectivity index (χ1v) is 9.62. The third kappa shape index (κ3) is 3.51. The highest BCUT2D eigenvalue weighted by Crippen LogP contribution is 2.29. The number of nitrogens with one attached hydrogen (secondary N) is 1. The van der Waals surface area contributed by atoms with Crippen molar-refractivity contribution in [1.82, 2.24) is 14.6 Å². The molecule has 1 atom stereocenters. The van der Waals surface area contributed by atoms with Crippen LogP contribution in [0.5, 0.6) is 0 Å². The topological polar surface area (TPSA) is 88.6 Å². The van der Waals surface area contributed by atoms with Crippen molar-refractivity contribution in [2.75, 3.05) is 26.8 Å². The van der Waals surface area contributed by atoms with Gasteiger partial charge in [0.05, 0.1) is 12.1 Å². The SMILES string of the molecule is COCCNC(=O)[C@@H]1CCCN1S(=O)(=O)c1cccc2cccnc12. The number of benzene rings is 1. The highest BCUT2D eigenvalue weighted by atomic mass is 32.2. The van der Waals surface area contributed by atoms with E-state index in [0.717, 1.165) is 5.39 Å². The molecule has 1 N–H and O–H groups in total. The molecule has 1 fully saturated rings. The van der Waals surface area contributed by atoms with Crippen LogP contribution in [-0.2, 0) is 19.6 Å². The first kappa shape index (κ1) is 17.8. The number of carbonyl (C=O) groups is 1. The van der Waals surface area contributed by atoms with Gasteiger partial charge in [-0.25, -0.2) is 8.42 Å². The minimum Gasteiger partial charge on any atom is -0.383 e. The molecule has 1 aliphatic heterocycles. The minimum absolute atomic E-state index is 0.141. The van der Waals surface area contributed by atoms with E-state index in [9.17, 15) is 13.2 Å². The summed E-state index contributed by atoms with van der Waals surface area (Å²) in [6.07, 6.45) is 2.73. The van der Waals surface area contributed by atoms with Crippen molar-refractivity contribution in [3.8, 4) is 0 Å². The number of hydrogen-bond acceptors (Lipinski definition) is 5. The van der Waals surface area contributed by atoms with E-state index in [1.54, 1.807) is 31.5 Å². The first-order chi connectivity index (χ1) is 12.1. The third-order valence-electron chi connectivity index (χ3n) is 4.29. The predicted octanol–water partition coefficient (Wildman–Crippen LogP) is 1.15. The molecule has 0 unspecified atom stereocenters. The molecule has 8 heteroatoms. The molecule has 1 saturated heterocycles. The maximum absolute atomic E-state index is 13.2. The van der Waals surface area contributed by atoms with Gasteiger partial charge in [-0.15, -0.1) is 0 Å². The Kier molecular flexibility index (Phi) is 5.31. The van der Waals surface area contributed by atoms with Crippen LogP contribution in [0, 0.1) is 0 Å². The Morgan fingerprint density at radius 3 is 2.96 bits per heavy atom. The molecule has 2 heterocycles. The summed E-state index contributed by atoms with van der Waals surface area (Å²) in [7, 11) is -2.26. The van der Waals surface area contributed by atoms with Crippen molar-refractivity contribution in [3.05, 3.63) is 36.5 Å². The maximum atomic E-state index is 13.2. The summed E-state index contributed by atoms with van der Waals surface area (Å²) in [5.74, 6) is -0.286. The molecule has 1 aliphatic rings. The van der Waals surface area contributed by atoms with Crippen molar-refractivity contribution in [1.29, 1.82) is 0 Å². The van der Waals surface area contributed by atoms with E-state index in [4.69, 9.17) is 4.74 Å². The van der Waals surface area contributed by atoms with Crippen molar-refractivity contribution in [2.24, 2.45) is 0 Å². The van der Waals surface area contributed by atoms with E-state index < -0.39 is 16.1 Å². The molecule has 3 rings (SSSR count). The number of carbonyl (C=O) groups excluding carboxylic acids is 1. The summed E-state index contributed by atoms with van der Waals surface area (Å²) < 4.78 is 32.6. The minimum atomic E-state index is -3.81. The van der Waals surface area contributed by atoms with Gasteiger partial charge in [0.15, 0.2) is 0 Å². The van der Waals surface area contributed by atoms with Crippen LogP contribution in [0.4, 0.5) is 0 Å². The molecule has 1 aromatic carbocycles. The molecule has 25 heavy (non-hydrogen) atoms. The Bertz CT molecular complexity index is 864. The van der Waals surface area contributed by atoms with Crippen LogP contribution in [0.1, 0.15) is 12.8 Å². The van der Waals surface area contributed by atoms with E-state index in [0.29, 0.717) is 38.1 Å². The summed E-state index contributed by atoms with van der Waals surface area (Å²) in [6, 6.07) is 7.95. The van der Waals surface area contributed by atoms with Gasteiger partial charge in [0.2, 0.25) is 15.9 Å². The van der Waals surface area contributed by atoms with E-state index in [1.807, 2.05) is 12.1 Å². The third-order valence-corrected chi connectivity index (χ3v) is 6.23. The molecule has 0 spiro atoms. The lowest BCUT2D eigenvalue weighted by atomic mass is 10.2. The Labute approximate surface area is 147 Å². The number of nitrogens with zero attached hydrogens (tertiary/aromatic N) is 2. The van der Waals surface area contributed by atoms with E-state index in [1.165, 1.54) is 4.31 Å². The van der Waals surface area contributed by atoms with Gasteiger partial charge in [-0.1, -0.05) is 18.2 Å². The molecule has 0 radical (unpaired) electrons. The van der Waals surface area contributed by atoms with Gasteiger partial charge in [-0.3, -0.25) is 9.78 Å². The zero-order valence-electron chi connectivity index (χ0n) is 14.0. The zero-order valence-corrected chi connectivity index (χ0v) is 14.8. The second-order valence-electron chi connectivity index (χ2n) is 5.89. The summed E-state index contributed by atoms with van der Waals surface area (Å²) >= 11 is 0. The lowest BCUT2D eigenvalue weighted by molar-refractivity contribution is -0.124. The van der Waals surface area contributed by atoms with Crippen LogP contribution in [0.25, 0.3) is 10.9 Å². The van der Waals surface area contributed by atoms with Crippen LogP contribution < -0.4 is 5.32 Å². The normalized spacial score (nSPS) is 18.5. The maximum Gasteiger partial charge on any atom is 0.245 e. The van der Waals surface area contributed by atoms with Crippen molar-refractivity contribution in [2.45, 2.75) is 23.8 Å². The fourth-order valence-electron chi connectivity index (χ4n) is 3.09. The molecule has 2 aromatic rings. The molecular formula is C17H21N3O4S. The molecule has 0 saturated carbocycles. The number of hydrogen-bond donors (Lipinski definition) is 1. The second kappa shape index (κ2) is 7.47. The van der Waals surface area contributed by atoms with Gasteiger partial charge >= 0.3 is 0 Å². The lowest BCUT2D eigenvalue weighted by Crippen LogP contribution is -2.46. The molecule has 134 valence electrons. The zero-order chi connectivity index (χ0) is 17.9. The van der Waals surface area contributed by atoms with Gasteiger partial charge in [0.25, 0.3) is 0 Å².